The summed E-state index contributed by atoms with van der Waals surface area (Å²) in [5.41, 5.74) is 3.82. The summed E-state index contributed by atoms with van der Waals surface area (Å²) in [5.74, 6) is -0.0112. The third kappa shape index (κ3) is 3.64. The number of hydrogen-bond donors (Lipinski definition) is 0. The number of nitrogens with zero attached hydrogens (tertiary/aromatic N) is 3. The molecule has 22 heavy (non-hydrogen) atoms. The van der Waals surface area contributed by atoms with Crippen LogP contribution < -0.4 is 0 Å². The second-order valence-corrected chi connectivity index (χ2v) is 5.45. The Hall–Kier alpha value is -2.36. The average molecular weight is 297 g/mol. The number of rotatable bonds is 6. The van der Waals surface area contributed by atoms with Crippen molar-refractivity contribution < 1.29 is 4.79 Å². The lowest BCUT2D eigenvalue weighted by molar-refractivity contribution is 0.0750. The molecule has 1 aromatic carbocycles. The average Bonchev–Trinajstić information content (AvgIpc) is 2.89. The van der Waals surface area contributed by atoms with Crippen LogP contribution >= 0.6 is 0 Å². The normalized spacial score (nSPS) is 10.5. The molecule has 1 heterocycles. The van der Waals surface area contributed by atoms with Gasteiger partial charge in [0.1, 0.15) is 5.69 Å². The molecule has 0 fully saturated rings. The molecule has 0 aliphatic rings. The second kappa shape index (κ2) is 7.07. The molecule has 2 rings (SSSR count). The van der Waals surface area contributed by atoms with Gasteiger partial charge in [-0.3, -0.25) is 9.48 Å². The molecule has 1 aromatic heterocycles. The molecule has 0 atom stereocenters. The zero-order valence-electron chi connectivity index (χ0n) is 13.5. The minimum Gasteiger partial charge on any atom is -0.329 e. The highest BCUT2D eigenvalue weighted by molar-refractivity contribution is 5.92. The van der Waals surface area contributed by atoms with E-state index in [1.807, 2.05) is 19.9 Å². The van der Waals surface area contributed by atoms with E-state index in [4.69, 9.17) is 0 Å². The number of aryl methyl sites for hydroxylation is 3. The first kappa shape index (κ1) is 16.0. The van der Waals surface area contributed by atoms with E-state index >= 15 is 0 Å². The minimum absolute atomic E-state index is 0.0112. The Morgan fingerprint density at radius 2 is 2.00 bits per heavy atom. The fourth-order valence-corrected chi connectivity index (χ4v) is 2.41. The fourth-order valence-electron chi connectivity index (χ4n) is 2.41. The van der Waals surface area contributed by atoms with Gasteiger partial charge >= 0.3 is 0 Å². The minimum atomic E-state index is -0.0112. The van der Waals surface area contributed by atoms with E-state index in [1.165, 1.54) is 5.56 Å². The van der Waals surface area contributed by atoms with Gasteiger partial charge in [-0.1, -0.05) is 35.9 Å². The zero-order valence-corrected chi connectivity index (χ0v) is 13.5. The van der Waals surface area contributed by atoms with Gasteiger partial charge in [0.15, 0.2) is 0 Å². The highest BCUT2D eigenvalue weighted by atomic mass is 16.2. The molecule has 0 aliphatic heterocycles. The summed E-state index contributed by atoms with van der Waals surface area (Å²) in [6.45, 7) is 11.5. The fraction of sp³-hybridized carbons (Fsp3) is 0.333. The third-order valence-electron chi connectivity index (χ3n) is 3.55. The van der Waals surface area contributed by atoms with Crippen LogP contribution in [0, 0.1) is 13.8 Å². The number of amides is 1. The Balaban J connectivity index is 2.24. The lowest BCUT2D eigenvalue weighted by atomic mass is 10.1. The third-order valence-corrected chi connectivity index (χ3v) is 3.55. The number of carbonyl (C=O) groups excluding carboxylic acids is 1. The first-order chi connectivity index (χ1) is 10.5. The molecule has 0 aliphatic carbocycles. The molecule has 0 bridgehead atoms. The molecule has 0 radical (unpaired) electrons. The van der Waals surface area contributed by atoms with Gasteiger partial charge in [0.25, 0.3) is 5.91 Å². The molecule has 0 saturated heterocycles. The van der Waals surface area contributed by atoms with Gasteiger partial charge < -0.3 is 4.90 Å². The van der Waals surface area contributed by atoms with Gasteiger partial charge in [0, 0.05) is 19.6 Å². The Bertz CT molecular complexity index is 655. The highest BCUT2D eigenvalue weighted by Gasteiger charge is 2.19. The lowest BCUT2D eigenvalue weighted by Crippen LogP contribution is -2.32. The molecule has 4 nitrogen and oxygen atoms in total. The second-order valence-electron chi connectivity index (χ2n) is 5.45. The van der Waals surface area contributed by atoms with Crippen LogP contribution in [0.3, 0.4) is 0 Å². The van der Waals surface area contributed by atoms with Crippen molar-refractivity contribution in [2.75, 3.05) is 6.54 Å². The predicted molar refractivity (Wildman–Crippen MR) is 88.8 cm³/mol. The van der Waals surface area contributed by atoms with Crippen LogP contribution in [0.5, 0.6) is 0 Å². The van der Waals surface area contributed by atoms with Crippen molar-refractivity contribution in [3.05, 3.63) is 65.5 Å². The molecule has 0 saturated carbocycles. The van der Waals surface area contributed by atoms with Crippen LogP contribution in [-0.2, 0) is 13.1 Å². The molecule has 0 unspecified atom stereocenters. The van der Waals surface area contributed by atoms with E-state index < -0.39 is 0 Å². The van der Waals surface area contributed by atoms with Crippen molar-refractivity contribution in [2.24, 2.45) is 0 Å². The molecule has 1 amide bonds. The van der Waals surface area contributed by atoms with Gasteiger partial charge in [0.2, 0.25) is 0 Å². The smallest absolute Gasteiger partial charge is 0.272 e. The molecular formula is C18H23N3O. The largest absolute Gasteiger partial charge is 0.329 e. The maximum absolute atomic E-state index is 12.8. The first-order valence-corrected chi connectivity index (χ1v) is 7.55. The van der Waals surface area contributed by atoms with Crippen LogP contribution in [0.4, 0.5) is 0 Å². The van der Waals surface area contributed by atoms with Crippen molar-refractivity contribution in [2.45, 2.75) is 33.9 Å². The zero-order chi connectivity index (χ0) is 16.1. The maximum atomic E-state index is 12.8. The van der Waals surface area contributed by atoms with E-state index in [0.717, 1.165) is 11.3 Å². The van der Waals surface area contributed by atoms with Crippen molar-refractivity contribution in [1.29, 1.82) is 0 Å². The number of carbonyl (C=O) groups is 1. The number of aromatic nitrogens is 2. The number of hydrogen-bond acceptors (Lipinski definition) is 2. The van der Waals surface area contributed by atoms with Gasteiger partial charge in [-0.15, -0.1) is 6.58 Å². The van der Waals surface area contributed by atoms with Gasteiger partial charge in [-0.2, -0.15) is 5.10 Å². The topological polar surface area (TPSA) is 38.1 Å². The molecule has 4 heteroatoms. The van der Waals surface area contributed by atoms with E-state index in [2.05, 4.69) is 42.9 Å². The molecular weight excluding hydrogens is 274 g/mol. The summed E-state index contributed by atoms with van der Waals surface area (Å²) in [6, 6.07) is 10.1. The highest BCUT2D eigenvalue weighted by Crippen LogP contribution is 2.12. The van der Waals surface area contributed by atoms with Crippen molar-refractivity contribution >= 4 is 5.91 Å². The molecule has 116 valence electrons. The summed E-state index contributed by atoms with van der Waals surface area (Å²) < 4.78 is 1.75. The first-order valence-electron chi connectivity index (χ1n) is 7.55. The SMILES string of the molecule is C=CCN(Cc1ccc(C)cc1)C(=O)c1cc(C)nn1CC. The van der Waals surface area contributed by atoms with Crippen LogP contribution in [-0.4, -0.2) is 27.1 Å². The molecule has 0 N–H and O–H groups in total. The summed E-state index contributed by atoms with van der Waals surface area (Å²) in [5, 5.41) is 4.35. The monoisotopic (exact) mass is 297 g/mol. The predicted octanol–water partition coefficient (Wildman–Crippen LogP) is 3.35. The summed E-state index contributed by atoms with van der Waals surface area (Å²) in [7, 11) is 0. The van der Waals surface area contributed by atoms with Crippen molar-refractivity contribution in [3.8, 4) is 0 Å². The summed E-state index contributed by atoms with van der Waals surface area (Å²) in [4.78, 5) is 14.6. The Morgan fingerprint density at radius 3 is 2.59 bits per heavy atom. The molecule has 2 aromatic rings. The molecule has 0 spiro atoms. The van der Waals surface area contributed by atoms with Crippen LogP contribution in [0.1, 0.15) is 34.2 Å². The van der Waals surface area contributed by atoms with Crippen molar-refractivity contribution in [1.82, 2.24) is 14.7 Å². The Labute approximate surface area is 132 Å². The van der Waals surface area contributed by atoms with E-state index in [1.54, 1.807) is 15.7 Å². The maximum Gasteiger partial charge on any atom is 0.272 e. The van der Waals surface area contributed by atoms with Crippen LogP contribution in [0.25, 0.3) is 0 Å². The summed E-state index contributed by atoms with van der Waals surface area (Å²) >= 11 is 0. The van der Waals surface area contributed by atoms with E-state index in [-0.39, 0.29) is 5.91 Å². The van der Waals surface area contributed by atoms with Gasteiger partial charge in [0.05, 0.1) is 5.69 Å². The quantitative estimate of drug-likeness (QED) is 0.767. The Morgan fingerprint density at radius 1 is 1.32 bits per heavy atom. The van der Waals surface area contributed by atoms with E-state index in [9.17, 15) is 4.79 Å². The Kier molecular flexibility index (Phi) is 5.15. The lowest BCUT2D eigenvalue weighted by Gasteiger charge is -2.21. The van der Waals surface area contributed by atoms with Crippen LogP contribution in [0.15, 0.2) is 43.0 Å². The van der Waals surface area contributed by atoms with Gasteiger partial charge in [-0.25, -0.2) is 0 Å². The van der Waals surface area contributed by atoms with Crippen LogP contribution in [0.2, 0.25) is 0 Å². The number of benzene rings is 1. The standard InChI is InChI=1S/C18H23N3O/c1-5-11-20(13-16-9-7-14(3)8-10-16)18(22)17-12-15(4)19-21(17)6-2/h5,7-10,12H,1,6,11,13H2,2-4H3. The summed E-state index contributed by atoms with van der Waals surface area (Å²) in [6.07, 6.45) is 1.76. The van der Waals surface area contributed by atoms with Crippen molar-refractivity contribution in [3.63, 3.8) is 0 Å². The van der Waals surface area contributed by atoms with Gasteiger partial charge in [-0.05, 0) is 32.4 Å². The van der Waals surface area contributed by atoms with E-state index in [0.29, 0.717) is 25.3 Å².